The summed E-state index contributed by atoms with van der Waals surface area (Å²) in [6.07, 6.45) is 17.4. The molecule has 0 unspecified atom stereocenters. The van der Waals surface area contributed by atoms with E-state index in [1.807, 2.05) is 177 Å². The summed E-state index contributed by atoms with van der Waals surface area (Å²) in [7, 11) is 6.04. The summed E-state index contributed by atoms with van der Waals surface area (Å²) in [6.45, 7) is 16.8. The van der Waals surface area contributed by atoms with Crippen LogP contribution in [-0.2, 0) is 35.1 Å². The van der Waals surface area contributed by atoms with Crippen LogP contribution in [0.3, 0.4) is 0 Å². The number of benzene rings is 1. The molecule has 0 heterocycles. The van der Waals surface area contributed by atoms with E-state index < -0.39 is 5.60 Å². The number of hydrogen-bond donors (Lipinski definition) is 3. The van der Waals surface area contributed by atoms with E-state index in [0.717, 1.165) is 238 Å². The van der Waals surface area contributed by atoms with Gasteiger partial charge in [-0.25, -0.2) is 4.79 Å². The summed E-state index contributed by atoms with van der Waals surface area (Å²) < 4.78 is 5.50. The highest BCUT2D eigenvalue weighted by molar-refractivity contribution is 8.01. The molecule has 1 aromatic rings. The second kappa shape index (κ2) is 66.3. The molecular weight excluding hydrogens is 1390 g/mol. The third-order valence-electron chi connectivity index (χ3n) is 14.7. The lowest BCUT2D eigenvalue weighted by Crippen LogP contribution is -2.37. The number of carbonyl (C=O) groups is 6. The fourth-order valence-electron chi connectivity index (χ4n) is 9.39. The van der Waals surface area contributed by atoms with E-state index in [4.69, 9.17) is 4.74 Å². The first kappa shape index (κ1) is 92.0. The number of likely N-dealkylation sites (N-methyl/N-ethyl adjacent to an activating group) is 1. The van der Waals surface area contributed by atoms with Crippen molar-refractivity contribution in [2.24, 2.45) is 0 Å². The van der Waals surface area contributed by atoms with Crippen LogP contribution in [0.5, 0.6) is 0 Å². The molecule has 6 amide bonds. The lowest BCUT2D eigenvalue weighted by Gasteiger charge is -2.24. The molecule has 25 heteroatoms. The summed E-state index contributed by atoms with van der Waals surface area (Å²) in [4.78, 5) is 85.9. The maximum atomic E-state index is 13.3. The first-order chi connectivity index (χ1) is 46.1. The Hall–Kier alpha value is -1.00. The van der Waals surface area contributed by atoms with Crippen LogP contribution in [-0.4, -0.2) is 279 Å². The minimum atomic E-state index is -0.431. The first-order valence-electron chi connectivity index (χ1n) is 35.1. The number of hydrogen-bond acceptors (Lipinski definition) is 19. The number of aliphatic hydroxyl groups excluding tert-OH is 1. The van der Waals surface area contributed by atoms with Gasteiger partial charge in [0.1, 0.15) is 5.60 Å². The van der Waals surface area contributed by atoms with E-state index in [9.17, 15) is 33.9 Å². The first-order valence-corrected chi connectivity index (χ1v) is 46.7. The normalized spacial score (nSPS) is 11.5. The minimum Gasteiger partial charge on any atom is -0.444 e. The molecule has 0 aliphatic heterocycles. The molecule has 0 aliphatic carbocycles. The molecule has 550 valence electrons. The zero-order chi connectivity index (χ0) is 69.5. The molecule has 0 aliphatic rings. The molecule has 0 saturated carbocycles. The molecule has 0 radical (unpaired) electrons. The Morgan fingerprint density at radius 3 is 1.29 bits per heavy atom. The van der Waals surface area contributed by atoms with E-state index >= 15 is 0 Å². The van der Waals surface area contributed by atoms with Crippen molar-refractivity contribution < 1.29 is 38.6 Å². The molecule has 15 nitrogen and oxygen atoms in total. The monoisotopic (exact) mass is 1510 g/mol. The van der Waals surface area contributed by atoms with Crippen molar-refractivity contribution in [3.63, 3.8) is 0 Å². The zero-order valence-corrected chi connectivity index (χ0v) is 67.6. The van der Waals surface area contributed by atoms with Gasteiger partial charge in [0.25, 0.3) is 0 Å². The third kappa shape index (κ3) is 58.2. The number of aliphatic hydroxyl groups is 1. The summed E-state index contributed by atoms with van der Waals surface area (Å²) in [5.74, 6) is 21.0. The van der Waals surface area contributed by atoms with Crippen LogP contribution in [0.2, 0.25) is 0 Å². The Bertz CT molecular complexity index is 2070. The lowest BCUT2D eigenvalue weighted by atomic mass is 10.0. The van der Waals surface area contributed by atoms with Gasteiger partial charge in [-0.05, 0) is 197 Å². The predicted molar refractivity (Wildman–Crippen MR) is 432 cm³/mol. The van der Waals surface area contributed by atoms with E-state index in [0.29, 0.717) is 58.3 Å². The van der Waals surface area contributed by atoms with E-state index in [1.165, 1.54) is 5.56 Å². The molecule has 0 saturated heterocycles. The SMILES string of the molecule is C=CCN(CCc1ccccc1)C(=O)CCSCCCSCCCN(C)C(=O)CCSCCCSCCCNC(=O)CCSCCCSCCCN(CCN(C)C)C(=O)CCSCCCSCCCN(CCO)C(=O)CCSCCCSCCCNC(=O)OC(C)(C)CCC. The van der Waals surface area contributed by atoms with Crippen molar-refractivity contribution in [3.05, 3.63) is 48.6 Å². The van der Waals surface area contributed by atoms with Crippen molar-refractivity contribution in [2.45, 2.75) is 142 Å². The van der Waals surface area contributed by atoms with Crippen LogP contribution in [0.1, 0.15) is 135 Å². The van der Waals surface area contributed by atoms with Crippen LogP contribution >= 0.6 is 118 Å². The Balaban J connectivity index is 1.97. The van der Waals surface area contributed by atoms with Gasteiger partial charge in [-0.1, -0.05) is 49.8 Å². The third-order valence-corrected chi connectivity index (χ3v) is 25.8. The second-order valence-corrected chi connectivity index (χ2v) is 36.3. The number of nitrogens with one attached hydrogen (secondary N) is 2. The van der Waals surface area contributed by atoms with E-state index in [2.05, 4.69) is 60.2 Å². The lowest BCUT2D eigenvalue weighted by molar-refractivity contribution is -0.131. The van der Waals surface area contributed by atoms with Gasteiger partial charge in [-0.3, -0.25) is 24.0 Å². The van der Waals surface area contributed by atoms with Crippen molar-refractivity contribution >= 4 is 153 Å². The van der Waals surface area contributed by atoms with E-state index in [-0.39, 0.29) is 42.2 Å². The van der Waals surface area contributed by atoms with Gasteiger partial charge < -0.3 is 45.0 Å². The van der Waals surface area contributed by atoms with Gasteiger partial charge in [-0.15, -0.1) is 6.58 Å². The molecule has 0 spiro atoms. The predicted octanol–water partition coefficient (Wildman–Crippen LogP) is 13.5. The van der Waals surface area contributed by atoms with Gasteiger partial charge in [-0.2, -0.15) is 118 Å². The van der Waals surface area contributed by atoms with Crippen LogP contribution < -0.4 is 10.6 Å². The van der Waals surface area contributed by atoms with Crippen LogP contribution in [0.4, 0.5) is 4.79 Å². The number of amides is 6. The molecule has 0 bridgehead atoms. The van der Waals surface area contributed by atoms with Crippen LogP contribution in [0.15, 0.2) is 43.0 Å². The molecule has 3 N–H and O–H groups in total. The van der Waals surface area contributed by atoms with Crippen molar-refractivity contribution in [1.82, 2.24) is 35.1 Å². The Morgan fingerprint density at radius 1 is 0.463 bits per heavy atom. The minimum absolute atomic E-state index is 0.0161. The number of carbonyl (C=O) groups excluding carboxylic acids is 6. The number of nitrogens with zero attached hydrogens (tertiary/aromatic N) is 5. The Kier molecular flexibility index (Phi) is 64.2. The number of thioether (sulfide) groups is 10. The van der Waals surface area contributed by atoms with Crippen LogP contribution in [0.25, 0.3) is 0 Å². The number of ether oxygens (including phenoxy) is 1. The smallest absolute Gasteiger partial charge is 0.407 e. The fourth-order valence-corrected chi connectivity index (χ4v) is 19.1. The molecule has 95 heavy (non-hydrogen) atoms. The van der Waals surface area contributed by atoms with Crippen LogP contribution in [0, 0.1) is 0 Å². The largest absolute Gasteiger partial charge is 0.444 e. The molecule has 0 fully saturated rings. The number of alkyl carbamates (subject to hydrolysis) is 1. The average molecular weight is 1520 g/mol. The standard InChI is InChI=1S/C70H127N7O8S10/c1-8-31-70(3,4)85-69(84)72-33-14-44-87-49-19-55-95-62-30-68(83)77(41-42-78)37-17-47-90-52-22-57-94-61-29-67(82)76(40-39-73(5)6)36-16-46-89-51-20-53-91-58-26-64(79)71-32-13-43-86-48-18-54-92-59-27-65(80)74(7)35-15-45-88-50-21-56-93-60-28-66(81)75(34-9-2)38-25-63-23-11-10-12-24-63/h9-12,23-24,78H,2,8,13-22,25-62H2,1,3-7H3,(H,71,79)(H,72,84). The summed E-state index contributed by atoms with van der Waals surface area (Å²) >= 11 is 19.0. The van der Waals surface area contributed by atoms with Gasteiger partial charge in [0.15, 0.2) is 0 Å². The highest BCUT2D eigenvalue weighted by atomic mass is 32.2. The van der Waals surface area contributed by atoms with Gasteiger partial charge in [0, 0.05) is 133 Å². The Morgan fingerprint density at radius 2 is 0.853 bits per heavy atom. The topological polar surface area (TPSA) is 172 Å². The van der Waals surface area contributed by atoms with Crippen molar-refractivity contribution in [1.29, 1.82) is 0 Å². The maximum absolute atomic E-state index is 13.3. The van der Waals surface area contributed by atoms with Gasteiger partial charge in [0.05, 0.1) is 6.61 Å². The molecule has 1 aromatic carbocycles. The van der Waals surface area contributed by atoms with E-state index in [1.54, 1.807) is 0 Å². The molecule has 1 rings (SSSR count). The zero-order valence-electron chi connectivity index (χ0n) is 59.4. The maximum Gasteiger partial charge on any atom is 0.407 e. The van der Waals surface area contributed by atoms with Gasteiger partial charge >= 0.3 is 6.09 Å². The average Bonchev–Trinajstić information content (AvgIpc) is 2.20. The molecular formula is C70H127N7O8S10. The summed E-state index contributed by atoms with van der Waals surface area (Å²) in [5.41, 5.74) is 0.816. The molecule has 0 aromatic heterocycles. The fraction of sp³-hybridized carbons (Fsp3) is 0.800. The highest BCUT2D eigenvalue weighted by Gasteiger charge is 2.22. The quantitative estimate of drug-likeness (QED) is 0.0415. The summed E-state index contributed by atoms with van der Waals surface area (Å²) in [5, 5.41) is 15.6. The van der Waals surface area contributed by atoms with Crippen molar-refractivity contribution in [2.75, 3.05) is 208 Å². The highest BCUT2D eigenvalue weighted by Crippen LogP contribution is 2.19. The number of rotatable bonds is 68. The Labute approximate surface area is 620 Å². The van der Waals surface area contributed by atoms with Crippen molar-refractivity contribution in [3.8, 4) is 0 Å². The molecule has 0 atom stereocenters. The summed E-state index contributed by atoms with van der Waals surface area (Å²) in [6, 6.07) is 10.3. The second-order valence-electron chi connectivity index (χ2n) is 24.1. The van der Waals surface area contributed by atoms with Gasteiger partial charge in [0.2, 0.25) is 29.5 Å².